The van der Waals surface area contributed by atoms with Gasteiger partial charge in [0.1, 0.15) is 17.2 Å². The van der Waals surface area contributed by atoms with Crippen molar-refractivity contribution in [2.75, 3.05) is 26.1 Å². The average molecular weight is 331 g/mol. The first-order valence-corrected chi connectivity index (χ1v) is 7.01. The SMILES string of the molecule is COc1cc(NC(=O)COC(=O)c2ccc(O)cc2)cc(OC)c1. The van der Waals surface area contributed by atoms with E-state index in [9.17, 15) is 9.59 Å². The zero-order chi connectivity index (χ0) is 17.5. The van der Waals surface area contributed by atoms with Gasteiger partial charge in [-0.05, 0) is 24.3 Å². The van der Waals surface area contributed by atoms with E-state index >= 15 is 0 Å². The highest BCUT2D eigenvalue weighted by Crippen LogP contribution is 2.25. The maximum absolute atomic E-state index is 11.9. The van der Waals surface area contributed by atoms with Gasteiger partial charge in [0, 0.05) is 23.9 Å². The second-order valence-corrected chi connectivity index (χ2v) is 4.77. The van der Waals surface area contributed by atoms with Crippen LogP contribution in [0.25, 0.3) is 0 Å². The van der Waals surface area contributed by atoms with Crippen LogP contribution in [0.3, 0.4) is 0 Å². The molecule has 2 rings (SSSR count). The van der Waals surface area contributed by atoms with Gasteiger partial charge < -0.3 is 24.6 Å². The number of rotatable bonds is 6. The van der Waals surface area contributed by atoms with E-state index in [1.54, 1.807) is 18.2 Å². The minimum absolute atomic E-state index is 0.0382. The number of anilines is 1. The molecule has 24 heavy (non-hydrogen) atoms. The number of phenols is 1. The van der Waals surface area contributed by atoms with Crippen LogP contribution in [0.15, 0.2) is 42.5 Å². The van der Waals surface area contributed by atoms with E-state index in [1.165, 1.54) is 38.5 Å². The standard InChI is InChI=1S/C17H17NO6/c1-22-14-7-12(8-15(9-14)23-2)18-16(20)10-24-17(21)11-3-5-13(19)6-4-11/h3-9,19H,10H2,1-2H3,(H,18,20). The lowest BCUT2D eigenvalue weighted by Crippen LogP contribution is -2.21. The monoisotopic (exact) mass is 331 g/mol. The molecule has 0 heterocycles. The van der Waals surface area contributed by atoms with Gasteiger partial charge >= 0.3 is 5.97 Å². The van der Waals surface area contributed by atoms with Gasteiger partial charge in [0.15, 0.2) is 6.61 Å². The highest BCUT2D eigenvalue weighted by molar-refractivity contribution is 5.95. The highest BCUT2D eigenvalue weighted by Gasteiger charge is 2.11. The van der Waals surface area contributed by atoms with Gasteiger partial charge in [-0.2, -0.15) is 0 Å². The lowest BCUT2D eigenvalue weighted by molar-refractivity contribution is -0.119. The van der Waals surface area contributed by atoms with E-state index in [0.29, 0.717) is 17.2 Å². The van der Waals surface area contributed by atoms with Crippen LogP contribution in [0.1, 0.15) is 10.4 Å². The molecule has 7 heteroatoms. The Morgan fingerprint density at radius 1 is 1.00 bits per heavy atom. The number of hydrogen-bond acceptors (Lipinski definition) is 6. The molecule has 0 radical (unpaired) electrons. The number of carbonyl (C=O) groups excluding carboxylic acids is 2. The molecule has 2 N–H and O–H groups in total. The van der Waals surface area contributed by atoms with Crippen LogP contribution < -0.4 is 14.8 Å². The average Bonchev–Trinajstić information content (AvgIpc) is 2.59. The van der Waals surface area contributed by atoms with Crippen molar-refractivity contribution in [3.8, 4) is 17.2 Å². The second kappa shape index (κ2) is 7.87. The molecule has 0 aliphatic heterocycles. The Balaban J connectivity index is 1.93. The summed E-state index contributed by atoms with van der Waals surface area (Å²) in [6, 6.07) is 10.4. The topological polar surface area (TPSA) is 94.1 Å². The molecule has 0 aromatic heterocycles. The van der Waals surface area contributed by atoms with Crippen molar-refractivity contribution in [1.82, 2.24) is 0 Å². The minimum Gasteiger partial charge on any atom is -0.508 e. The summed E-state index contributed by atoms with van der Waals surface area (Å²) >= 11 is 0. The van der Waals surface area contributed by atoms with Crippen LogP contribution in [0.2, 0.25) is 0 Å². The molecule has 0 bridgehead atoms. The van der Waals surface area contributed by atoms with Gasteiger partial charge in [0.05, 0.1) is 19.8 Å². The number of hydrogen-bond donors (Lipinski definition) is 2. The molecule has 0 spiro atoms. The third-order valence-corrected chi connectivity index (χ3v) is 3.07. The number of benzene rings is 2. The first kappa shape index (κ1) is 17.1. The van der Waals surface area contributed by atoms with Gasteiger partial charge in [0.2, 0.25) is 0 Å². The number of amides is 1. The number of aromatic hydroxyl groups is 1. The van der Waals surface area contributed by atoms with E-state index < -0.39 is 18.5 Å². The summed E-state index contributed by atoms with van der Waals surface area (Å²) in [5, 5.41) is 11.8. The van der Waals surface area contributed by atoms with Crippen LogP contribution in [0.4, 0.5) is 5.69 Å². The molecule has 0 atom stereocenters. The largest absolute Gasteiger partial charge is 0.508 e. The van der Waals surface area contributed by atoms with Crippen molar-refractivity contribution >= 4 is 17.6 Å². The molecule has 126 valence electrons. The Morgan fingerprint density at radius 2 is 1.58 bits per heavy atom. The van der Waals surface area contributed by atoms with Crippen LogP contribution >= 0.6 is 0 Å². The van der Waals surface area contributed by atoms with Gasteiger partial charge in [-0.3, -0.25) is 4.79 Å². The van der Waals surface area contributed by atoms with E-state index in [2.05, 4.69) is 5.32 Å². The summed E-state index contributed by atoms with van der Waals surface area (Å²) in [6.07, 6.45) is 0. The quantitative estimate of drug-likeness (QED) is 0.788. The third kappa shape index (κ3) is 4.64. The molecular formula is C17H17NO6. The Bertz CT molecular complexity index is 704. The Hall–Kier alpha value is -3.22. The van der Waals surface area contributed by atoms with Crippen LogP contribution in [-0.2, 0) is 9.53 Å². The first-order chi connectivity index (χ1) is 11.5. The number of methoxy groups -OCH3 is 2. The Morgan fingerprint density at radius 3 is 2.12 bits per heavy atom. The lowest BCUT2D eigenvalue weighted by atomic mass is 10.2. The molecule has 0 unspecified atom stereocenters. The number of nitrogens with one attached hydrogen (secondary N) is 1. The molecule has 0 saturated heterocycles. The molecule has 2 aromatic carbocycles. The van der Waals surface area contributed by atoms with Gasteiger partial charge in [-0.25, -0.2) is 4.79 Å². The maximum Gasteiger partial charge on any atom is 0.338 e. The van der Waals surface area contributed by atoms with Crippen LogP contribution in [0, 0.1) is 0 Å². The smallest absolute Gasteiger partial charge is 0.338 e. The van der Waals surface area contributed by atoms with Gasteiger partial charge in [0.25, 0.3) is 5.91 Å². The number of ether oxygens (including phenoxy) is 3. The molecule has 2 aromatic rings. The van der Waals surface area contributed by atoms with Crippen molar-refractivity contribution in [2.24, 2.45) is 0 Å². The fourth-order valence-electron chi connectivity index (χ4n) is 1.89. The zero-order valence-electron chi connectivity index (χ0n) is 13.2. The summed E-state index contributed by atoms with van der Waals surface area (Å²) in [7, 11) is 3.00. The summed E-state index contributed by atoms with van der Waals surface area (Å²) < 4.78 is 15.1. The summed E-state index contributed by atoms with van der Waals surface area (Å²) in [6.45, 7) is -0.445. The van der Waals surface area contributed by atoms with Gasteiger partial charge in [-0.1, -0.05) is 0 Å². The number of esters is 1. The molecule has 0 saturated carbocycles. The van der Waals surface area contributed by atoms with Crippen molar-refractivity contribution in [3.63, 3.8) is 0 Å². The van der Waals surface area contributed by atoms with E-state index in [1.807, 2.05) is 0 Å². The van der Waals surface area contributed by atoms with Crippen LogP contribution in [0.5, 0.6) is 17.2 Å². The molecule has 0 aliphatic carbocycles. The van der Waals surface area contributed by atoms with E-state index in [4.69, 9.17) is 19.3 Å². The highest BCUT2D eigenvalue weighted by atomic mass is 16.5. The maximum atomic E-state index is 11.9. The van der Waals surface area contributed by atoms with E-state index in [-0.39, 0.29) is 11.3 Å². The summed E-state index contributed by atoms with van der Waals surface area (Å²) in [5.41, 5.74) is 0.695. The predicted molar refractivity (Wildman–Crippen MR) is 86.6 cm³/mol. The minimum atomic E-state index is -0.659. The number of phenolic OH excluding ortho intramolecular Hbond substituents is 1. The van der Waals surface area contributed by atoms with Crippen molar-refractivity contribution in [2.45, 2.75) is 0 Å². The van der Waals surface area contributed by atoms with Crippen molar-refractivity contribution in [3.05, 3.63) is 48.0 Å². The predicted octanol–water partition coefficient (Wildman–Crippen LogP) is 2.20. The van der Waals surface area contributed by atoms with Crippen LogP contribution in [-0.4, -0.2) is 37.8 Å². The first-order valence-electron chi connectivity index (χ1n) is 7.01. The van der Waals surface area contributed by atoms with Crippen molar-refractivity contribution in [1.29, 1.82) is 0 Å². The molecule has 0 fully saturated rings. The van der Waals surface area contributed by atoms with Gasteiger partial charge in [-0.15, -0.1) is 0 Å². The molecule has 0 aliphatic rings. The molecule has 1 amide bonds. The third-order valence-electron chi connectivity index (χ3n) is 3.07. The fraction of sp³-hybridized carbons (Fsp3) is 0.176. The zero-order valence-corrected chi connectivity index (χ0v) is 13.2. The summed E-state index contributed by atoms with van der Waals surface area (Å²) in [4.78, 5) is 23.7. The Kier molecular flexibility index (Phi) is 5.62. The van der Waals surface area contributed by atoms with E-state index in [0.717, 1.165) is 0 Å². The second-order valence-electron chi connectivity index (χ2n) is 4.77. The summed E-state index contributed by atoms with van der Waals surface area (Å²) in [5.74, 6) is -0.0847. The normalized spacial score (nSPS) is 9.92. The Labute approximate surface area is 138 Å². The molecular weight excluding hydrogens is 314 g/mol. The van der Waals surface area contributed by atoms with Crippen molar-refractivity contribution < 1.29 is 28.9 Å². The number of carbonyl (C=O) groups is 2. The fourth-order valence-corrected chi connectivity index (χ4v) is 1.89. The molecule has 7 nitrogen and oxygen atoms in total. The lowest BCUT2D eigenvalue weighted by Gasteiger charge is -2.10.